The molecule has 59 valence electrons. The highest BCUT2D eigenvalue weighted by Gasteiger charge is 2.16. The van der Waals surface area contributed by atoms with E-state index in [4.69, 9.17) is 0 Å². The lowest BCUT2D eigenvalue weighted by Gasteiger charge is -2.19. The van der Waals surface area contributed by atoms with Gasteiger partial charge in [-0.1, -0.05) is 6.07 Å². The van der Waals surface area contributed by atoms with Crippen LogP contribution in [0.15, 0.2) is 17.5 Å². The van der Waals surface area contributed by atoms with E-state index in [2.05, 4.69) is 22.8 Å². The van der Waals surface area contributed by atoms with Crippen LogP contribution in [-0.2, 0) is 0 Å². The second-order valence-electron chi connectivity index (χ2n) is 2.50. The van der Waals surface area contributed by atoms with Crippen molar-refractivity contribution >= 4 is 23.1 Å². The number of thioether (sulfide) groups is 1. The summed E-state index contributed by atoms with van der Waals surface area (Å²) in [5.41, 5.74) is 0. The lowest BCUT2D eigenvalue weighted by molar-refractivity contribution is 0.680. The van der Waals surface area contributed by atoms with Crippen LogP contribution in [-0.4, -0.2) is 18.8 Å². The third-order valence-electron chi connectivity index (χ3n) is 1.72. The zero-order valence-electron chi connectivity index (χ0n) is 6.19. The Kier molecular flexibility index (Phi) is 2.51. The van der Waals surface area contributed by atoms with Crippen LogP contribution >= 0.6 is 23.1 Å². The molecule has 1 radical (unpaired) electrons. The summed E-state index contributed by atoms with van der Waals surface area (Å²) in [5, 5.41) is 7.20. The molecule has 1 aromatic rings. The van der Waals surface area contributed by atoms with E-state index < -0.39 is 0 Å². The first-order valence-corrected chi connectivity index (χ1v) is 5.68. The average molecular weight is 184 g/mol. The Morgan fingerprint density at radius 1 is 1.55 bits per heavy atom. The standard InChI is InChI=1S/C8H10NS2/c1-2-7(10-4-1)8-6-9-3-5-11-8/h1-2,4,8H,3,5-6H2. The van der Waals surface area contributed by atoms with Crippen molar-refractivity contribution in [1.29, 1.82) is 0 Å². The Morgan fingerprint density at radius 3 is 3.18 bits per heavy atom. The van der Waals surface area contributed by atoms with E-state index >= 15 is 0 Å². The van der Waals surface area contributed by atoms with Gasteiger partial charge in [0, 0.05) is 23.7 Å². The van der Waals surface area contributed by atoms with Crippen molar-refractivity contribution in [3.8, 4) is 0 Å². The summed E-state index contributed by atoms with van der Waals surface area (Å²) in [6, 6.07) is 4.33. The molecule has 1 aromatic heterocycles. The number of hydrogen-bond acceptors (Lipinski definition) is 2. The minimum absolute atomic E-state index is 0.656. The van der Waals surface area contributed by atoms with E-state index in [0.29, 0.717) is 5.25 Å². The Morgan fingerprint density at radius 2 is 2.55 bits per heavy atom. The predicted molar refractivity (Wildman–Crippen MR) is 51.4 cm³/mol. The maximum atomic E-state index is 4.40. The van der Waals surface area contributed by atoms with Gasteiger partial charge in [0.2, 0.25) is 0 Å². The molecule has 0 aliphatic carbocycles. The molecule has 2 rings (SSSR count). The SMILES string of the molecule is c1csc(C2C[N]CCS2)c1. The smallest absolute Gasteiger partial charge is 0.0532 e. The number of nitrogens with zero attached hydrogens (tertiary/aromatic N) is 1. The Balaban J connectivity index is 2.04. The molecule has 0 aromatic carbocycles. The molecule has 1 nitrogen and oxygen atoms in total. The molecule has 1 aliphatic rings. The van der Waals surface area contributed by atoms with Gasteiger partial charge in [-0.05, 0) is 11.4 Å². The highest BCUT2D eigenvalue weighted by atomic mass is 32.2. The molecule has 0 amide bonds. The molecule has 0 saturated carbocycles. The molecule has 3 heteroatoms. The monoisotopic (exact) mass is 184 g/mol. The molecule has 1 saturated heterocycles. The van der Waals surface area contributed by atoms with Gasteiger partial charge in [0.1, 0.15) is 0 Å². The molecular formula is C8H10NS2. The Bertz CT molecular complexity index is 202. The summed E-state index contributed by atoms with van der Waals surface area (Å²) in [5.74, 6) is 1.20. The number of hydrogen-bond donors (Lipinski definition) is 0. The lowest BCUT2D eigenvalue weighted by atomic mass is 10.3. The summed E-state index contributed by atoms with van der Waals surface area (Å²) < 4.78 is 0. The van der Waals surface area contributed by atoms with Gasteiger partial charge in [-0.25, -0.2) is 5.32 Å². The van der Waals surface area contributed by atoms with E-state index in [9.17, 15) is 0 Å². The van der Waals surface area contributed by atoms with E-state index in [-0.39, 0.29) is 0 Å². The molecule has 1 fully saturated rings. The topological polar surface area (TPSA) is 14.1 Å². The summed E-state index contributed by atoms with van der Waals surface area (Å²) in [4.78, 5) is 1.48. The van der Waals surface area contributed by atoms with Gasteiger partial charge in [-0.15, -0.1) is 11.3 Å². The van der Waals surface area contributed by atoms with Crippen molar-refractivity contribution in [2.24, 2.45) is 0 Å². The van der Waals surface area contributed by atoms with Gasteiger partial charge >= 0.3 is 0 Å². The van der Waals surface area contributed by atoms with Gasteiger partial charge in [-0.3, -0.25) is 0 Å². The molecule has 1 atom stereocenters. The molecule has 2 heterocycles. The van der Waals surface area contributed by atoms with E-state index in [1.165, 1.54) is 10.6 Å². The van der Waals surface area contributed by atoms with Crippen molar-refractivity contribution in [2.75, 3.05) is 18.8 Å². The van der Waals surface area contributed by atoms with Gasteiger partial charge in [0.15, 0.2) is 0 Å². The maximum Gasteiger partial charge on any atom is 0.0532 e. The van der Waals surface area contributed by atoms with E-state index in [0.717, 1.165) is 13.1 Å². The van der Waals surface area contributed by atoms with Crippen LogP contribution in [0.5, 0.6) is 0 Å². The lowest BCUT2D eigenvalue weighted by Crippen LogP contribution is -2.21. The van der Waals surface area contributed by atoms with Crippen molar-refractivity contribution in [3.63, 3.8) is 0 Å². The first-order chi connectivity index (χ1) is 5.47. The Hall–Kier alpha value is 0.01000. The highest BCUT2D eigenvalue weighted by molar-refractivity contribution is 7.99. The Labute approximate surface area is 75.2 Å². The molecule has 1 aliphatic heterocycles. The molecule has 0 spiro atoms. The maximum absolute atomic E-state index is 4.40. The van der Waals surface area contributed by atoms with Gasteiger partial charge < -0.3 is 0 Å². The minimum atomic E-state index is 0.656. The van der Waals surface area contributed by atoms with Gasteiger partial charge in [-0.2, -0.15) is 11.8 Å². The quantitative estimate of drug-likeness (QED) is 0.652. The number of rotatable bonds is 1. The normalized spacial score (nSPS) is 25.3. The van der Waals surface area contributed by atoms with Crippen LogP contribution in [0.25, 0.3) is 0 Å². The van der Waals surface area contributed by atoms with Crippen LogP contribution in [0.2, 0.25) is 0 Å². The summed E-state index contributed by atoms with van der Waals surface area (Å²) in [7, 11) is 0. The van der Waals surface area contributed by atoms with Gasteiger partial charge in [0.25, 0.3) is 0 Å². The molecule has 11 heavy (non-hydrogen) atoms. The highest BCUT2D eigenvalue weighted by Crippen LogP contribution is 2.33. The van der Waals surface area contributed by atoms with Crippen LogP contribution in [0.1, 0.15) is 10.1 Å². The van der Waals surface area contributed by atoms with Crippen LogP contribution in [0.4, 0.5) is 0 Å². The second-order valence-corrected chi connectivity index (χ2v) is 4.79. The molecule has 0 bridgehead atoms. The fraction of sp³-hybridized carbons (Fsp3) is 0.500. The second kappa shape index (κ2) is 3.61. The van der Waals surface area contributed by atoms with Crippen molar-refractivity contribution < 1.29 is 0 Å². The average Bonchev–Trinajstić information content (AvgIpc) is 2.58. The zero-order chi connectivity index (χ0) is 7.52. The largest absolute Gasteiger partial charge is 0.239 e. The van der Waals surface area contributed by atoms with Crippen molar-refractivity contribution in [2.45, 2.75) is 5.25 Å². The van der Waals surface area contributed by atoms with Crippen molar-refractivity contribution in [3.05, 3.63) is 22.4 Å². The minimum Gasteiger partial charge on any atom is -0.239 e. The summed E-state index contributed by atoms with van der Waals surface area (Å²) >= 11 is 3.89. The fourth-order valence-corrected chi connectivity index (χ4v) is 3.21. The fourth-order valence-electron chi connectivity index (χ4n) is 1.17. The zero-order valence-corrected chi connectivity index (χ0v) is 7.83. The third kappa shape index (κ3) is 1.78. The summed E-state index contributed by atoms with van der Waals surface area (Å²) in [6.45, 7) is 2.07. The molecule has 0 N–H and O–H groups in total. The van der Waals surface area contributed by atoms with E-state index in [1.54, 1.807) is 0 Å². The van der Waals surface area contributed by atoms with Gasteiger partial charge in [0.05, 0.1) is 5.25 Å². The molecule has 1 unspecified atom stereocenters. The summed E-state index contributed by atoms with van der Waals surface area (Å²) in [6.07, 6.45) is 0. The van der Waals surface area contributed by atoms with Crippen LogP contribution in [0.3, 0.4) is 0 Å². The first-order valence-electron chi connectivity index (χ1n) is 3.75. The first kappa shape index (κ1) is 7.65. The van der Waals surface area contributed by atoms with Crippen LogP contribution < -0.4 is 5.32 Å². The van der Waals surface area contributed by atoms with Crippen LogP contribution in [0, 0.1) is 0 Å². The van der Waals surface area contributed by atoms with Crippen molar-refractivity contribution in [1.82, 2.24) is 5.32 Å². The number of thiophene rings is 1. The third-order valence-corrected chi connectivity index (χ3v) is 4.08. The van der Waals surface area contributed by atoms with E-state index in [1.807, 2.05) is 23.1 Å². The predicted octanol–water partition coefficient (Wildman–Crippen LogP) is 2.14. The molecular weight excluding hydrogens is 174 g/mol.